The van der Waals surface area contributed by atoms with Crippen LogP contribution in [-0.4, -0.2) is 24.2 Å². The number of hydrogen-bond donors (Lipinski definition) is 1. The predicted octanol–water partition coefficient (Wildman–Crippen LogP) is 3.67. The summed E-state index contributed by atoms with van der Waals surface area (Å²) in [6.07, 6.45) is 1.34. The Labute approximate surface area is 147 Å². The SMILES string of the molecule is COc1c(Cl)cc(C=NNC(=O)c2cccc([N+](=O)[O-])c2)cc1Cl. The molecule has 0 aromatic heterocycles. The molecule has 1 amide bonds. The molecule has 0 aliphatic heterocycles. The molecule has 0 aliphatic rings. The number of benzene rings is 2. The van der Waals surface area contributed by atoms with Crippen LogP contribution in [0.3, 0.4) is 0 Å². The van der Waals surface area contributed by atoms with E-state index < -0.39 is 10.8 Å². The molecule has 0 spiro atoms. The van der Waals surface area contributed by atoms with Gasteiger partial charge in [0.05, 0.1) is 28.3 Å². The van der Waals surface area contributed by atoms with Crippen molar-refractivity contribution >= 4 is 41.0 Å². The zero-order chi connectivity index (χ0) is 17.7. The Morgan fingerprint density at radius 1 is 1.29 bits per heavy atom. The second kappa shape index (κ2) is 7.76. The molecule has 0 saturated carbocycles. The second-order valence-electron chi connectivity index (χ2n) is 4.52. The molecule has 2 aromatic rings. The van der Waals surface area contributed by atoms with Crippen molar-refractivity contribution in [1.82, 2.24) is 5.43 Å². The summed E-state index contributed by atoms with van der Waals surface area (Å²) in [5.74, 6) is -0.239. The molecule has 0 radical (unpaired) electrons. The van der Waals surface area contributed by atoms with Crippen molar-refractivity contribution in [3.63, 3.8) is 0 Å². The van der Waals surface area contributed by atoms with E-state index >= 15 is 0 Å². The first-order valence-corrected chi connectivity index (χ1v) is 7.29. The van der Waals surface area contributed by atoms with E-state index in [9.17, 15) is 14.9 Å². The van der Waals surface area contributed by atoms with E-state index in [4.69, 9.17) is 27.9 Å². The lowest BCUT2D eigenvalue weighted by Gasteiger charge is -2.06. The number of hydrogen-bond acceptors (Lipinski definition) is 5. The Kier molecular flexibility index (Phi) is 5.73. The highest BCUT2D eigenvalue weighted by atomic mass is 35.5. The van der Waals surface area contributed by atoms with E-state index in [0.29, 0.717) is 21.4 Å². The van der Waals surface area contributed by atoms with Crippen molar-refractivity contribution in [2.45, 2.75) is 0 Å². The van der Waals surface area contributed by atoms with E-state index in [1.807, 2.05) is 0 Å². The topological polar surface area (TPSA) is 93.8 Å². The number of hydrazone groups is 1. The number of nitrogens with zero attached hydrogens (tertiary/aromatic N) is 2. The summed E-state index contributed by atoms with van der Waals surface area (Å²) in [6, 6.07) is 8.44. The molecule has 0 bridgehead atoms. The van der Waals surface area contributed by atoms with Crippen LogP contribution >= 0.6 is 23.2 Å². The Bertz CT molecular complexity index is 801. The van der Waals surface area contributed by atoms with Crippen LogP contribution in [0.4, 0.5) is 5.69 Å². The highest BCUT2D eigenvalue weighted by Crippen LogP contribution is 2.33. The van der Waals surface area contributed by atoms with Crippen LogP contribution in [0.1, 0.15) is 15.9 Å². The van der Waals surface area contributed by atoms with E-state index in [1.165, 1.54) is 31.5 Å². The Balaban J connectivity index is 2.10. The quantitative estimate of drug-likeness (QED) is 0.495. The molecule has 9 heteroatoms. The maximum Gasteiger partial charge on any atom is 0.271 e. The number of ether oxygens (including phenoxy) is 1. The fourth-order valence-electron chi connectivity index (χ4n) is 1.84. The Hall–Kier alpha value is -2.64. The molecule has 7 nitrogen and oxygen atoms in total. The number of nitro benzene ring substituents is 1. The highest BCUT2D eigenvalue weighted by molar-refractivity contribution is 6.37. The van der Waals surface area contributed by atoms with E-state index in [0.717, 1.165) is 6.07 Å². The molecule has 0 aliphatic carbocycles. The largest absolute Gasteiger partial charge is 0.494 e. The summed E-state index contributed by atoms with van der Waals surface area (Å²) in [4.78, 5) is 22.0. The van der Waals surface area contributed by atoms with Crippen LogP contribution in [0.25, 0.3) is 0 Å². The first-order valence-electron chi connectivity index (χ1n) is 6.53. The standard InChI is InChI=1S/C15H11Cl2N3O4/c1-24-14-12(16)5-9(6-13(14)17)8-18-19-15(21)10-3-2-4-11(7-10)20(22)23/h2-8H,1H3,(H,19,21). The lowest BCUT2D eigenvalue weighted by molar-refractivity contribution is -0.384. The van der Waals surface area contributed by atoms with Gasteiger partial charge in [-0.2, -0.15) is 5.10 Å². The number of non-ortho nitro benzene ring substituents is 1. The number of rotatable bonds is 5. The first kappa shape index (κ1) is 17.7. The minimum Gasteiger partial charge on any atom is -0.494 e. The molecule has 1 N–H and O–H groups in total. The van der Waals surface area contributed by atoms with Crippen LogP contribution < -0.4 is 10.2 Å². The minimum absolute atomic E-state index is 0.118. The van der Waals surface area contributed by atoms with Crippen LogP contribution in [0.5, 0.6) is 5.75 Å². The van der Waals surface area contributed by atoms with Gasteiger partial charge in [0.15, 0.2) is 5.75 Å². The molecule has 0 fully saturated rings. The maximum absolute atomic E-state index is 11.9. The third-order valence-electron chi connectivity index (χ3n) is 2.92. The van der Waals surface area contributed by atoms with Gasteiger partial charge >= 0.3 is 0 Å². The zero-order valence-corrected chi connectivity index (χ0v) is 13.8. The van der Waals surface area contributed by atoms with Crippen molar-refractivity contribution in [2.24, 2.45) is 5.10 Å². The maximum atomic E-state index is 11.9. The molecular weight excluding hydrogens is 357 g/mol. The zero-order valence-electron chi connectivity index (χ0n) is 12.3. The van der Waals surface area contributed by atoms with Crippen molar-refractivity contribution in [2.75, 3.05) is 7.11 Å². The first-order chi connectivity index (χ1) is 11.4. The van der Waals surface area contributed by atoms with Gasteiger partial charge in [-0.15, -0.1) is 0 Å². The smallest absolute Gasteiger partial charge is 0.271 e. The van der Waals surface area contributed by atoms with Crippen molar-refractivity contribution in [1.29, 1.82) is 0 Å². The molecule has 2 rings (SSSR count). The number of carbonyl (C=O) groups excluding carboxylic acids is 1. The minimum atomic E-state index is -0.583. The molecule has 0 unspecified atom stereocenters. The average Bonchev–Trinajstić information content (AvgIpc) is 2.54. The van der Waals surface area contributed by atoms with Gasteiger partial charge in [0.25, 0.3) is 11.6 Å². The number of nitrogens with one attached hydrogen (secondary N) is 1. The molecule has 0 heterocycles. The summed E-state index contributed by atoms with van der Waals surface area (Å²) >= 11 is 12.0. The fraction of sp³-hybridized carbons (Fsp3) is 0.0667. The van der Waals surface area contributed by atoms with E-state index in [1.54, 1.807) is 12.1 Å². The van der Waals surface area contributed by atoms with Crippen LogP contribution in [-0.2, 0) is 0 Å². The third-order valence-corrected chi connectivity index (χ3v) is 3.49. The second-order valence-corrected chi connectivity index (χ2v) is 5.34. The number of amides is 1. The molecular formula is C15H11Cl2N3O4. The van der Waals surface area contributed by atoms with Gasteiger partial charge in [-0.1, -0.05) is 29.3 Å². The molecule has 2 aromatic carbocycles. The summed E-state index contributed by atoms with van der Waals surface area (Å²) in [6.45, 7) is 0. The van der Waals surface area contributed by atoms with Gasteiger partial charge in [0.1, 0.15) is 0 Å². The van der Waals surface area contributed by atoms with Gasteiger partial charge in [-0.25, -0.2) is 5.43 Å². The monoisotopic (exact) mass is 367 g/mol. The number of halogens is 2. The van der Waals surface area contributed by atoms with E-state index in [2.05, 4.69) is 10.5 Å². The van der Waals surface area contributed by atoms with Gasteiger partial charge < -0.3 is 4.74 Å². The van der Waals surface area contributed by atoms with Gasteiger partial charge in [-0.05, 0) is 23.8 Å². The molecule has 24 heavy (non-hydrogen) atoms. The lowest BCUT2D eigenvalue weighted by atomic mass is 10.2. The van der Waals surface area contributed by atoms with Gasteiger partial charge in [0.2, 0.25) is 0 Å². The summed E-state index contributed by atoms with van der Waals surface area (Å²) in [7, 11) is 1.44. The molecule has 0 saturated heterocycles. The number of nitro groups is 1. The fourth-order valence-corrected chi connectivity index (χ4v) is 2.50. The normalized spacial score (nSPS) is 10.6. The van der Waals surface area contributed by atoms with Crippen LogP contribution in [0.2, 0.25) is 10.0 Å². The number of methoxy groups -OCH3 is 1. The van der Waals surface area contributed by atoms with Crippen LogP contribution in [0.15, 0.2) is 41.5 Å². The summed E-state index contributed by atoms with van der Waals surface area (Å²) in [5.41, 5.74) is 2.76. The van der Waals surface area contributed by atoms with Crippen molar-refractivity contribution in [3.8, 4) is 5.75 Å². The van der Waals surface area contributed by atoms with Gasteiger partial charge in [-0.3, -0.25) is 14.9 Å². The third kappa shape index (κ3) is 4.21. The number of carbonyl (C=O) groups is 1. The molecule has 0 atom stereocenters. The summed E-state index contributed by atoms with van der Waals surface area (Å²) in [5, 5.41) is 15.1. The summed E-state index contributed by atoms with van der Waals surface area (Å²) < 4.78 is 5.03. The highest BCUT2D eigenvalue weighted by Gasteiger charge is 2.11. The van der Waals surface area contributed by atoms with Crippen molar-refractivity contribution in [3.05, 3.63) is 67.7 Å². The van der Waals surface area contributed by atoms with Gasteiger partial charge in [0, 0.05) is 17.7 Å². The Morgan fingerprint density at radius 2 is 1.96 bits per heavy atom. The predicted molar refractivity (Wildman–Crippen MR) is 91.2 cm³/mol. The van der Waals surface area contributed by atoms with Crippen LogP contribution in [0, 0.1) is 10.1 Å². The lowest BCUT2D eigenvalue weighted by Crippen LogP contribution is -2.17. The van der Waals surface area contributed by atoms with E-state index in [-0.39, 0.29) is 11.3 Å². The molecule has 124 valence electrons. The average molecular weight is 368 g/mol. The Morgan fingerprint density at radius 3 is 2.54 bits per heavy atom. The van der Waals surface area contributed by atoms with Crippen molar-refractivity contribution < 1.29 is 14.5 Å².